The topological polar surface area (TPSA) is 98.0 Å². The maximum Gasteiger partial charge on any atom is 0.200 e. The summed E-state index contributed by atoms with van der Waals surface area (Å²) in [6, 6.07) is 5.92. The second-order valence-corrected chi connectivity index (χ2v) is 4.19. The Morgan fingerprint density at radius 2 is 1.47 bits per heavy atom. The zero-order chi connectivity index (χ0) is 14.2. The molecule has 0 fully saturated rings. The summed E-state index contributed by atoms with van der Waals surface area (Å²) in [5.41, 5.74) is 0.234. The first-order valence-electron chi connectivity index (χ1n) is 5.49. The second-order valence-electron chi connectivity index (χ2n) is 4.19. The van der Waals surface area contributed by atoms with Crippen LogP contribution in [0.4, 0.5) is 0 Å². The molecule has 0 aromatic heterocycles. The van der Waals surface area contributed by atoms with Crippen LogP contribution < -0.4 is 0 Å². The van der Waals surface area contributed by atoms with Gasteiger partial charge in [-0.1, -0.05) is 0 Å². The molecule has 0 saturated heterocycles. The molecule has 0 bridgehead atoms. The van der Waals surface area contributed by atoms with Gasteiger partial charge in [-0.05, 0) is 36.8 Å². The van der Waals surface area contributed by atoms with E-state index in [1.807, 2.05) is 0 Å². The molecule has 5 heteroatoms. The van der Waals surface area contributed by atoms with Gasteiger partial charge in [0, 0.05) is 6.07 Å². The lowest BCUT2D eigenvalue weighted by Crippen LogP contribution is -2.02. The smallest absolute Gasteiger partial charge is 0.200 e. The molecule has 2 aromatic rings. The summed E-state index contributed by atoms with van der Waals surface area (Å²) >= 11 is 0. The molecule has 0 spiro atoms. The number of ketones is 1. The molecule has 0 radical (unpaired) electrons. The van der Waals surface area contributed by atoms with Crippen LogP contribution in [0, 0.1) is 6.92 Å². The Morgan fingerprint density at radius 1 is 0.842 bits per heavy atom. The van der Waals surface area contributed by atoms with Crippen LogP contribution in [-0.2, 0) is 0 Å². The largest absolute Gasteiger partial charge is 0.508 e. The Hall–Kier alpha value is -2.69. The first-order chi connectivity index (χ1) is 8.90. The predicted molar refractivity (Wildman–Crippen MR) is 67.7 cm³/mol. The Bertz CT molecular complexity index is 661. The molecule has 2 rings (SSSR count). The highest BCUT2D eigenvalue weighted by Gasteiger charge is 2.19. The van der Waals surface area contributed by atoms with E-state index in [0.29, 0.717) is 5.56 Å². The van der Waals surface area contributed by atoms with Crippen molar-refractivity contribution in [1.82, 2.24) is 0 Å². The molecule has 0 aliphatic heterocycles. The summed E-state index contributed by atoms with van der Waals surface area (Å²) < 4.78 is 0. The van der Waals surface area contributed by atoms with E-state index in [-0.39, 0.29) is 28.4 Å². The SMILES string of the molecule is Cc1cc(C(=O)c2cc(O)ccc2O)c(O)cc1O. The van der Waals surface area contributed by atoms with Crippen molar-refractivity contribution in [2.24, 2.45) is 0 Å². The fraction of sp³-hybridized carbons (Fsp3) is 0.0714. The number of hydrogen-bond donors (Lipinski definition) is 4. The number of aromatic hydroxyl groups is 4. The van der Waals surface area contributed by atoms with Crippen LogP contribution >= 0.6 is 0 Å². The number of benzene rings is 2. The van der Waals surface area contributed by atoms with Gasteiger partial charge in [0.1, 0.15) is 23.0 Å². The van der Waals surface area contributed by atoms with Gasteiger partial charge in [0.05, 0.1) is 11.1 Å². The van der Waals surface area contributed by atoms with E-state index in [2.05, 4.69) is 0 Å². The maximum absolute atomic E-state index is 12.2. The van der Waals surface area contributed by atoms with Gasteiger partial charge >= 0.3 is 0 Å². The highest BCUT2D eigenvalue weighted by molar-refractivity contribution is 6.12. The minimum Gasteiger partial charge on any atom is -0.508 e. The second kappa shape index (κ2) is 4.53. The standard InChI is InChI=1S/C14H12O5/c1-7-4-9(13(18)6-12(7)17)14(19)10-5-8(15)2-3-11(10)16/h2-6,15-18H,1H3. The van der Waals surface area contributed by atoms with E-state index in [9.17, 15) is 25.2 Å². The quantitative estimate of drug-likeness (QED) is 0.489. The molecule has 0 amide bonds. The number of carbonyl (C=O) groups excluding carboxylic acids is 1. The van der Waals surface area contributed by atoms with E-state index in [0.717, 1.165) is 12.1 Å². The van der Waals surface area contributed by atoms with Crippen LogP contribution in [0.25, 0.3) is 0 Å². The van der Waals surface area contributed by atoms with Gasteiger partial charge in [-0.15, -0.1) is 0 Å². The fourth-order valence-electron chi connectivity index (χ4n) is 1.72. The van der Waals surface area contributed by atoms with E-state index in [1.54, 1.807) is 6.92 Å². The predicted octanol–water partition coefficient (Wildman–Crippen LogP) is 2.05. The molecule has 0 aliphatic carbocycles. The van der Waals surface area contributed by atoms with Crippen LogP contribution in [0.1, 0.15) is 21.5 Å². The van der Waals surface area contributed by atoms with Crippen LogP contribution in [0.2, 0.25) is 0 Å². The Labute approximate surface area is 109 Å². The van der Waals surface area contributed by atoms with Crippen molar-refractivity contribution in [2.45, 2.75) is 6.92 Å². The monoisotopic (exact) mass is 260 g/mol. The number of hydrogen-bond acceptors (Lipinski definition) is 5. The van der Waals surface area contributed by atoms with Crippen molar-refractivity contribution in [3.05, 3.63) is 47.0 Å². The van der Waals surface area contributed by atoms with Gasteiger partial charge in [0.2, 0.25) is 5.78 Å². The number of rotatable bonds is 2. The van der Waals surface area contributed by atoms with Crippen LogP contribution in [0.15, 0.2) is 30.3 Å². The van der Waals surface area contributed by atoms with Crippen molar-refractivity contribution in [3.63, 3.8) is 0 Å². The van der Waals surface area contributed by atoms with Crippen molar-refractivity contribution in [3.8, 4) is 23.0 Å². The van der Waals surface area contributed by atoms with Crippen molar-refractivity contribution < 1.29 is 25.2 Å². The molecular formula is C14H12O5. The minimum atomic E-state index is -0.644. The third-order valence-corrected chi connectivity index (χ3v) is 2.78. The van der Waals surface area contributed by atoms with Crippen molar-refractivity contribution in [2.75, 3.05) is 0 Å². The van der Waals surface area contributed by atoms with E-state index >= 15 is 0 Å². The fourth-order valence-corrected chi connectivity index (χ4v) is 1.72. The van der Waals surface area contributed by atoms with E-state index in [1.165, 1.54) is 18.2 Å². The zero-order valence-electron chi connectivity index (χ0n) is 10.1. The molecule has 0 unspecified atom stereocenters. The average molecular weight is 260 g/mol. The third-order valence-electron chi connectivity index (χ3n) is 2.78. The van der Waals surface area contributed by atoms with Crippen molar-refractivity contribution in [1.29, 1.82) is 0 Å². The first kappa shape index (κ1) is 12.8. The van der Waals surface area contributed by atoms with Gasteiger partial charge in [0.15, 0.2) is 0 Å². The Morgan fingerprint density at radius 3 is 2.16 bits per heavy atom. The summed E-state index contributed by atoms with van der Waals surface area (Å²) in [6.07, 6.45) is 0. The van der Waals surface area contributed by atoms with Crippen LogP contribution in [0.3, 0.4) is 0 Å². The highest BCUT2D eigenvalue weighted by atomic mass is 16.3. The molecule has 5 nitrogen and oxygen atoms in total. The van der Waals surface area contributed by atoms with Gasteiger partial charge < -0.3 is 20.4 Å². The average Bonchev–Trinajstić information content (AvgIpc) is 2.36. The molecule has 0 aliphatic rings. The summed E-state index contributed by atoms with van der Waals surface area (Å²) in [7, 11) is 0. The summed E-state index contributed by atoms with van der Waals surface area (Å²) in [5.74, 6) is -1.64. The first-order valence-corrected chi connectivity index (χ1v) is 5.49. The molecule has 2 aromatic carbocycles. The lowest BCUT2D eigenvalue weighted by atomic mass is 9.99. The molecule has 19 heavy (non-hydrogen) atoms. The van der Waals surface area contributed by atoms with Gasteiger partial charge in [-0.2, -0.15) is 0 Å². The molecule has 98 valence electrons. The number of aryl methyl sites for hydroxylation is 1. The molecule has 0 heterocycles. The Balaban J connectivity index is 2.56. The molecule has 4 N–H and O–H groups in total. The van der Waals surface area contributed by atoms with Crippen LogP contribution in [-0.4, -0.2) is 26.2 Å². The summed E-state index contributed by atoms with van der Waals surface area (Å²) in [6.45, 7) is 1.58. The Kier molecular flexibility index (Phi) is 3.04. The number of phenols is 4. The van der Waals surface area contributed by atoms with Gasteiger partial charge in [-0.3, -0.25) is 4.79 Å². The van der Waals surface area contributed by atoms with E-state index in [4.69, 9.17) is 0 Å². The van der Waals surface area contributed by atoms with Gasteiger partial charge in [0.25, 0.3) is 0 Å². The lowest BCUT2D eigenvalue weighted by molar-refractivity contribution is 0.103. The summed E-state index contributed by atoms with van der Waals surface area (Å²) in [4.78, 5) is 12.2. The highest BCUT2D eigenvalue weighted by Crippen LogP contribution is 2.31. The molecule has 0 atom stereocenters. The number of phenolic OH excluding ortho intramolecular Hbond substituents is 4. The van der Waals surface area contributed by atoms with Crippen LogP contribution in [0.5, 0.6) is 23.0 Å². The normalized spacial score (nSPS) is 10.4. The van der Waals surface area contributed by atoms with Crippen molar-refractivity contribution >= 4 is 5.78 Å². The van der Waals surface area contributed by atoms with Gasteiger partial charge in [-0.25, -0.2) is 0 Å². The molecule has 0 saturated carbocycles. The lowest BCUT2D eigenvalue weighted by Gasteiger charge is -2.08. The van der Waals surface area contributed by atoms with E-state index < -0.39 is 11.5 Å². The number of carbonyl (C=O) groups is 1. The minimum absolute atomic E-state index is 0.0591. The maximum atomic E-state index is 12.2. The summed E-state index contributed by atoms with van der Waals surface area (Å²) in [5, 5.41) is 38.1. The third kappa shape index (κ3) is 2.30. The zero-order valence-corrected chi connectivity index (χ0v) is 10.1. The molecular weight excluding hydrogens is 248 g/mol.